The summed E-state index contributed by atoms with van der Waals surface area (Å²) in [5, 5.41) is 0. The molecule has 6 heteroatoms. The molecule has 4 unspecified atom stereocenters. The molecule has 176 valence electrons. The molecule has 0 aromatic rings. The highest BCUT2D eigenvalue weighted by Gasteiger charge is 2.17. The quantitative estimate of drug-likeness (QED) is 0.259. The Morgan fingerprint density at radius 1 is 0.414 bits per heavy atom. The molecule has 4 atom stereocenters. The summed E-state index contributed by atoms with van der Waals surface area (Å²) in [6.45, 7) is 18.8. The van der Waals surface area contributed by atoms with E-state index in [1.54, 1.807) is 0 Å². The van der Waals surface area contributed by atoms with Gasteiger partial charge < -0.3 is 28.4 Å². The zero-order valence-corrected chi connectivity index (χ0v) is 20.3. The average molecular weight is 421 g/mol. The average Bonchev–Trinajstić information content (AvgIpc) is 2.74. The summed E-state index contributed by atoms with van der Waals surface area (Å²) < 4.78 is 35.3. The van der Waals surface area contributed by atoms with Gasteiger partial charge in [-0.3, -0.25) is 0 Å². The molecule has 0 aromatic carbocycles. The van der Waals surface area contributed by atoms with Gasteiger partial charge in [0.15, 0.2) is 0 Å². The molecule has 0 aliphatic carbocycles. The highest BCUT2D eigenvalue weighted by Crippen LogP contribution is 2.08. The Morgan fingerprint density at radius 3 is 0.862 bits per heavy atom. The van der Waals surface area contributed by atoms with E-state index in [1.807, 2.05) is 0 Å². The van der Waals surface area contributed by atoms with Crippen molar-refractivity contribution in [1.82, 2.24) is 0 Å². The Bertz CT molecular complexity index is 294. The monoisotopic (exact) mass is 420 g/mol. The molecule has 0 N–H and O–H groups in total. The van der Waals surface area contributed by atoms with Crippen molar-refractivity contribution in [2.75, 3.05) is 33.2 Å². The first-order valence-electron chi connectivity index (χ1n) is 11.6. The lowest BCUT2D eigenvalue weighted by Gasteiger charge is -2.25. The second kappa shape index (κ2) is 18.5. The second-order valence-electron chi connectivity index (χ2n) is 7.90. The number of hydrogen-bond acceptors (Lipinski definition) is 6. The van der Waals surface area contributed by atoms with E-state index < -0.39 is 0 Å². The summed E-state index contributed by atoms with van der Waals surface area (Å²) in [5.74, 6) is 0. The van der Waals surface area contributed by atoms with Gasteiger partial charge in [0, 0.05) is 0 Å². The van der Waals surface area contributed by atoms with E-state index in [0.29, 0.717) is 26.4 Å². The van der Waals surface area contributed by atoms with Gasteiger partial charge in [-0.15, -0.1) is 0 Å². The maximum atomic E-state index is 5.95. The minimum absolute atomic E-state index is 0.162. The molecular weight excluding hydrogens is 372 g/mol. The van der Waals surface area contributed by atoms with Crippen molar-refractivity contribution < 1.29 is 28.4 Å². The van der Waals surface area contributed by atoms with Gasteiger partial charge in [-0.1, -0.05) is 27.7 Å². The molecule has 0 heterocycles. The number of rotatable bonds is 20. The van der Waals surface area contributed by atoms with Crippen LogP contribution in [0, 0.1) is 0 Å². The van der Waals surface area contributed by atoms with Crippen molar-refractivity contribution in [3.05, 3.63) is 0 Å². The lowest BCUT2D eigenvalue weighted by molar-refractivity contribution is -0.180. The molecule has 0 fully saturated rings. The lowest BCUT2D eigenvalue weighted by Crippen LogP contribution is -2.33. The molecule has 0 aliphatic heterocycles. The predicted octanol–water partition coefficient (Wildman–Crippen LogP) is 4.97. The van der Waals surface area contributed by atoms with Crippen LogP contribution in [0.25, 0.3) is 0 Å². The summed E-state index contributed by atoms with van der Waals surface area (Å²) in [6, 6.07) is 0. The van der Waals surface area contributed by atoms with Crippen LogP contribution >= 0.6 is 0 Å². The van der Waals surface area contributed by atoms with E-state index in [0.717, 1.165) is 25.7 Å². The second-order valence-corrected chi connectivity index (χ2v) is 7.90. The normalized spacial score (nSPS) is 18.2. The SMILES string of the molecule is CCC(C)OCC(COC(C)CC)OCOC(COC(C)CC)COC(C)CC. The van der Waals surface area contributed by atoms with Crippen molar-refractivity contribution in [3.8, 4) is 0 Å². The Morgan fingerprint density at radius 2 is 0.655 bits per heavy atom. The topological polar surface area (TPSA) is 55.4 Å². The van der Waals surface area contributed by atoms with Crippen LogP contribution < -0.4 is 0 Å². The first-order chi connectivity index (χ1) is 13.9. The van der Waals surface area contributed by atoms with E-state index >= 15 is 0 Å². The van der Waals surface area contributed by atoms with Gasteiger partial charge in [0.1, 0.15) is 19.0 Å². The fraction of sp³-hybridized carbons (Fsp3) is 1.00. The van der Waals surface area contributed by atoms with Crippen LogP contribution in [-0.2, 0) is 28.4 Å². The largest absolute Gasteiger partial charge is 0.376 e. The molecular formula is C23H48O6. The van der Waals surface area contributed by atoms with Gasteiger partial charge in [0.25, 0.3) is 0 Å². The van der Waals surface area contributed by atoms with Crippen molar-refractivity contribution >= 4 is 0 Å². The van der Waals surface area contributed by atoms with Crippen LogP contribution in [0.1, 0.15) is 81.1 Å². The van der Waals surface area contributed by atoms with E-state index in [1.165, 1.54) is 0 Å². The predicted molar refractivity (Wildman–Crippen MR) is 117 cm³/mol. The van der Waals surface area contributed by atoms with Gasteiger partial charge in [0.2, 0.25) is 0 Å². The van der Waals surface area contributed by atoms with Crippen LogP contribution in [0.5, 0.6) is 0 Å². The van der Waals surface area contributed by atoms with Crippen molar-refractivity contribution in [3.63, 3.8) is 0 Å². The minimum Gasteiger partial charge on any atom is -0.376 e. The smallest absolute Gasteiger partial charge is 0.147 e. The summed E-state index contributed by atoms with van der Waals surface area (Å²) in [5.41, 5.74) is 0. The fourth-order valence-corrected chi connectivity index (χ4v) is 2.08. The molecule has 0 saturated carbocycles. The molecule has 0 aliphatic rings. The molecule has 0 spiro atoms. The lowest BCUT2D eigenvalue weighted by atomic mass is 10.3. The Kier molecular flexibility index (Phi) is 18.4. The van der Waals surface area contributed by atoms with E-state index in [4.69, 9.17) is 28.4 Å². The number of ether oxygens (including phenoxy) is 6. The summed E-state index contributed by atoms with van der Waals surface area (Å²) in [6.07, 6.45) is 4.35. The van der Waals surface area contributed by atoms with Gasteiger partial charge >= 0.3 is 0 Å². The fourth-order valence-electron chi connectivity index (χ4n) is 2.08. The zero-order valence-electron chi connectivity index (χ0n) is 20.3. The molecule has 0 aromatic heterocycles. The zero-order chi connectivity index (χ0) is 22.1. The Balaban J connectivity index is 4.55. The third-order valence-electron chi connectivity index (χ3n) is 5.17. The first-order valence-corrected chi connectivity index (χ1v) is 11.6. The van der Waals surface area contributed by atoms with Crippen LogP contribution in [0.4, 0.5) is 0 Å². The minimum atomic E-state index is -0.162. The third-order valence-corrected chi connectivity index (χ3v) is 5.17. The molecule has 0 bridgehead atoms. The standard InChI is InChI=1S/C23H48O6/c1-9-18(5)24-13-22(14-25-19(6)10-2)28-17-29-23(15-26-20(7)11-3)16-27-21(8)12-4/h18-23H,9-17H2,1-8H3. The molecule has 0 saturated heterocycles. The highest BCUT2D eigenvalue weighted by molar-refractivity contribution is 4.61. The van der Waals surface area contributed by atoms with E-state index in [-0.39, 0.29) is 43.4 Å². The molecule has 0 rings (SSSR count). The number of hydrogen-bond donors (Lipinski definition) is 0. The maximum absolute atomic E-state index is 5.95. The van der Waals surface area contributed by atoms with E-state index in [2.05, 4.69) is 55.4 Å². The van der Waals surface area contributed by atoms with Crippen molar-refractivity contribution in [2.24, 2.45) is 0 Å². The van der Waals surface area contributed by atoms with Gasteiger partial charge in [-0.2, -0.15) is 0 Å². The Labute approximate surface area is 179 Å². The maximum Gasteiger partial charge on any atom is 0.147 e. The molecule has 0 amide bonds. The van der Waals surface area contributed by atoms with Gasteiger partial charge in [-0.05, 0) is 53.4 Å². The Hall–Kier alpha value is -0.240. The van der Waals surface area contributed by atoms with Crippen molar-refractivity contribution in [2.45, 2.75) is 118 Å². The summed E-state index contributed by atoms with van der Waals surface area (Å²) in [7, 11) is 0. The van der Waals surface area contributed by atoms with Crippen LogP contribution in [-0.4, -0.2) is 69.8 Å². The van der Waals surface area contributed by atoms with E-state index in [9.17, 15) is 0 Å². The van der Waals surface area contributed by atoms with Crippen LogP contribution in [0.3, 0.4) is 0 Å². The molecule has 29 heavy (non-hydrogen) atoms. The van der Waals surface area contributed by atoms with Crippen LogP contribution in [0.2, 0.25) is 0 Å². The highest BCUT2D eigenvalue weighted by atomic mass is 16.7. The van der Waals surface area contributed by atoms with Crippen molar-refractivity contribution in [1.29, 1.82) is 0 Å². The van der Waals surface area contributed by atoms with Gasteiger partial charge in [0.05, 0.1) is 50.8 Å². The first kappa shape index (κ1) is 28.8. The molecule has 6 nitrogen and oxygen atoms in total. The summed E-state index contributed by atoms with van der Waals surface area (Å²) >= 11 is 0. The third kappa shape index (κ3) is 16.2. The molecule has 0 radical (unpaired) electrons. The van der Waals surface area contributed by atoms with Gasteiger partial charge in [-0.25, -0.2) is 0 Å². The summed E-state index contributed by atoms with van der Waals surface area (Å²) in [4.78, 5) is 0. The van der Waals surface area contributed by atoms with Crippen LogP contribution in [0.15, 0.2) is 0 Å².